The number of hydrogen-bond donors (Lipinski definition) is 2. The molecule has 2 heterocycles. The molecule has 2 N–H and O–H groups in total. The van der Waals surface area contributed by atoms with E-state index >= 15 is 0 Å². The van der Waals surface area contributed by atoms with Crippen LogP contribution in [-0.2, 0) is 25.9 Å². The molecular weight excluding hydrogens is 226 g/mol. The molecule has 0 radical (unpaired) electrons. The van der Waals surface area contributed by atoms with Crippen LogP contribution in [0.1, 0.15) is 30.3 Å². The van der Waals surface area contributed by atoms with Crippen molar-refractivity contribution in [3.8, 4) is 0 Å². The zero-order valence-electron chi connectivity index (χ0n) is 10.7. The monoisotopic (exact) mass is 245 g/mol. The lowest BCUT2D eigenvalue weighted by Gasteiger charge is -2.13. The van der Waals surface area contributed by atoms with E-state index in [1.807, 2.05) is 18.7 Å². The molecule has 0 aliphatic heterocycles. The van der Waals surface area contributed by atoms with Crippen molar-refractivity contribution in [2.45, 2.75) is 45.3 Å². The summed E-state index contributed by atoms with van der Waals surface area (Å²) in [5.41, 5.74) is 3.98. The van der Waals surface area contributed by atoms with Gasteiger partial charge >= 0.3 is 0 Å². The number of H-pyrrole nitrogens is 1. The van der Waals surface area contributed by atoms with Crippen molar-refractivity contribution >= 4 is 0 Å². The van der Waals surface area contributed by atoms with Gasteiger partial charge in [0, 0.05) is 37.2 Å². The maximum Gasteiger partial charge on any atom is 0.0946 e. The summed E-state index contributed by atoms with van der Waals surface area (Å²) in [6.07, 6.45) is 9.26. The second kappa shape index (κ2) is 4.94. The van der Waals surface area contributed by atoms with E-state index in [9.17, 15) is 0 Å². The predicted molar refractivity (Wildman–Crippen MR) is 69.1 cm³/mol. The molecule has 96 valence electrons. The van der Waals surface area contributed by atoms with Gasteiger partial charge in [-0.15, -0.1) is 0 Å². The van der Waals surface area contributed by atoms with Crippen molar-refractivity contribution in [3.05, 3.63) is 35.7 Å². The van der Waals surface area contributed by atoms with E-state index in [2.05, 4.69) is 32.0 Å². The third-order valence-corrected chi connectivity index (χ3v) is 3.55. The molecule has 2 aromatic heterocycles. The molecule has 1 unspecified atom stereocenters. The first-order valence-corrected chi connectivity index (χ1v) is 6.57. The van der Waals surface area contributed by atoms with Crippen molar-refractivity contribution in [2.75, 3.05) is 0 Å². The van der Waals surface area contributed by atoms with Crippen LogP contribution < -0.4 is 5.32 Å². The van der Waals surface area contributed by atoms with Crippen LogP contribution in [0.25, 0.3) is 0 Å². The van der Waals surface area contributed by atoms with Crippen LogP contribution in [0, 0.1) is 0 Å². The number of imidazole rings is 1. The standard InChI is InChI=1S/C13H19N5/c1-10(8-18-6-5-14-9-18)15-7-13-11-3-2-4-12(11)16-17-13/h5-6,9-10,15H,2-4,7-8H2,1H3,(H,16,17). The number of rotatable bonds is 5. The van der Waals surface area contributed by atoms with Crippen LogP contribution in [0.15, 0.2) is 18.7 Å². The molecule has 0 saturated carbocycles. The van der Waals surface area contributed by atoms with Gasteiger partial charge in [0.05, 0.1) is 12.0 Å². The highest BCUT2D eigenvalue weighted by Gasteiger charge is 2.18. The quantitative estimate of drug-likeness (QED) is 0.834. The Balaban J connectivity index is 1.54. The Labute approximate surface area is 107 Å². The minimum absolute atomic E-state index is 0.410. The van der Waals surface area contributed by atoms with E-state index in [4.69, 9.17) is 0 Å². The molecule has 0 spiro atoms. The van der Waals surface area contributed by atoms with E-state index in [1.54, 1.807) is 0 Å². The number of nitrogens with zero attached hydrogens (tertiary/aromatic N) is 3. The molecule has 5 nitrogen and oxygen atoms in total. The fourth-order valence-electron chi connectivity index (χ4n) is 2.58. The van der Waals surface area contributed by atoms with Gasteiger partial charge in [0.15, 0.2) is 0 Å². The molecule has 1 aliphatic carbocycles. The van der Waals surface area contributed by atoms with Crippen LogP contribution >= 0.6 is 0 Å². The summed E-state index contributed by atoms with van der Waals surface area (Å²) in [5, 5.41) is 11.1. The average molecular weight is 245 g/mol. The third-order valence-electron chi connectivity index (χ3n) is 3.55. The number of nitrogens with one attached hydrogen (secondary N) is 2. The van der Waals surface area contributed by atoms with Gasteiger partial charge < -0.3 is 9.88 Å². The largest absolute Gasteiger partial charge is 0.336 e. The summed E-state index contributed by atoms with van der Waals surface area (Å²) < 4.78 is 2.09. The molecular formula is C13H19N5. The molecule has 0 fully saturated rings. The van der Waals surface area contributed by atoms with Crippen LogP contribution in [0.2, 0.25) is 0 Å². The number of aromatic amines is 1. The molecule has 1 aliphatic rings. The van der Waals surface area contributed by atoms with Crippen LogP contribution in [0.4, 0.5) is 0 Å². The summed E-state index contributed by atoms with van der Waals surface area (Å²) >= 11 is 0. The molecule has 0 amide bonds. The van der Waals surface area contributed by atoms with Crippen molar-refractivity contribution in [1.29, 1.82) is 0 Å². The fourth-order valence-corrected chi connectivity index (χ4v) is 2.58. The van der Waals surface area contributed by atoms with Gasteiger partial charge in [-0.25, -0.2) is 4.98 Å². The zero-order valence-corrected chi connectivity index (χ0v) is 10.7. The zero-order chi connectivity index (χ0) is 12.4. The Hall–Kier alpha value is -1.62. The minimum atomic E-state index is 0.410. The maximum atomic E-state index is 4.40. The highest BCUT2D eigenvalue weighted by Crippen LogP contribution is 2.22. The van der Waals surface area contributed by atoms with Crippen molar-refractivity contribution in [3.63, 3.8) is 0 Å². The summed E-state index contributed by atoms with van der Waals surface area (Å²) in [6.45, 7) is 3.97. The highest BCUT2D eigenvalue weighted by atomic mass is 15.1. The molecule has 5 heteroatoms. The lowest BCUT2D eigenvalue weighted by molar-refractivity contribution is 0.472. The normalized spacial score (nSPS) is 15.8. The Morgan fingerprint density at radius 1 is 1.50 bits per heavy atom. The number of hydrogen-bond acceptors (Lipinski definition) is 3. The SMILES string of the molecule is CC(Cn1ccnc1)NCc1n[nH]c2c1CCC2. The molecule has 3 rings (SSSR count). The highest BCUT2D eigenvalue weighted by molar-refractivity contribution is 5.29. The topological polar surface area (TPSA) is 58.5 Å². The first-order chi connectivity index (χ1) is 8.83. The van der Waals surface area contributed by atoms with Crippen LogP contribution in [0.5, 0.6) is 0 Å². The fraction of sp³-hybridized carbons (Fsp3) is 0.538. The minimum Gasteiger partial charge on any atom is -0.336 e. The molecule has 1 atom stereocenters. The van der Waals surface area contributed by atoms with Gasteiger partial charge in [0.2, 0.25) is 0 Å². The predicted octanol–water partition coefficient (Wildman–Crippen LogP) is 1.27. The average Bonchev–Trinajstić information content (AvgIpc) is 3.03. The third kappa shape index (κ3) is 2.31. The smallest absolute Gasteiger partial charge is 0.0946 e. The molecule has 0 bridgehead atoms. The lowest BCUT2D eigenvalue weighted by Crippen LogP contribution is -2.30. The van der Waals surface area contributed by atoms with Crippen molar-refractivity contribution in [1.82, 2.24) is 25.1 Å². The van der Waals surface area contributed by atoms with Crippen LogP contribution in [0.3, 0.4) is 0 Å². The van der Waals surface area contributed by atoms with Gasteiger partial charge in [-0.05, 0) is 31.7 Å². The number of aromatic nitrogens is 4. The Bertz CT molecular complexity index is 499. The Morgan fingerprint density at radius 2 is 2.44 bits per heavy atom. The van der Waals surface area contributed by atoms with E-state index in [0.717, 1.165) is 19.5 Å². The lowest BCUT2D eigenvalue weighted by atomic mass is 10.2. The maximum absolute atomic E-state index is 4.40. The van der Waals surface area contributed by atoms with Gasteiger partial charge in [0.1, 0.15) is 0 Å². The first kappa shape index (κ1) is 11.5. The Morgan fingerprint density at radius 3 is 3.28 bits per heavy atom. The molecule has 0 aromatic carbocycles. The summed E-state index contributed by atoms with van der Waals surface area (Å²) in [6, 6.07) is 0.410. The Kier molecular flexibility index (Phi) is 3.15. The van der Waals surface area contributed by atoms with Gasteiger partial charge in [-0.1, -0.05) is 0 Å². The van der Waals surface area contributed by atoms with E-state index < -0.39 is 0 Å². The van der Waals surface area contributed by atoms with Crippen molar-refractivity contribution in [2.24, 2.45) is 0 Å². The van der Waals surface area contributed by atoms with Crippen LogP contribution in [-0.4, -0.2) is 25.8 Å². The van der Waals surface area contributed by atoms with Gasteiger partial charge in [-0.2, -0.15) is 5.10 Å². The summed E-state index contributed by atoms with van der Waals surface area (Å²) in [7, 11) is 0. The van der Waals surface area contributed by atoms with Crippen molar-refractivity contribution < 1.29 is 0 Å². The first-order valence-electron chi connectivity index (χ1n) is 6.57. The second-order valence-corrected chi connectivity index (χ2v) is 5.02. The van der Waals surface area contributed by atoms with E-state index in [1.165, 1.54) is 29.8 Å². The molecule has 18 heavy (non-hydrogen) atoms. The number of fused-ring (bicyclic) bond motifs is 1. The van der Waals surface area contributed by atoms with Gasteiger partial charge in [-0.3, -0.25) is 5.10 Å². The number of aryl methyl sites for hydroxylation is 1. The van der Waals surface area contributed by atoms with E-state index in [-0.39, 0.29) is 0 Å². The summed E-state index contributed by atoms with van der Waals surface area (Å²) in [4.78, 5) is 4.05. The second-order valence-electron chi connectivity index (χ2n) is 5.02. The van der Waals surface area contributed by atoms with Gasteiger partial charge in [0.25, 0.3) is 0 Å². The van der Waals surface area contributed by atoms with E-state index in [0.29, 0.717) is 6.04 Å². The summed E-state index contributed by atoms with van der Waals surface area (Å²) in [5.74, 6) is 0. The molecule has 0 saturated heterocycles. The molecule has 2 aromatic rings.